The maximum Gasteiger partial charge on any atom is 0.336 e. The van der Waals surface area contributed by atoms with Crippen LogP contribution in [0.25, 0.3) is 11.1 Å². The van der Waals surface area contributed by atoms with Crippen LogP contribution in [-0.4, -0.2) is 18.2 Å². The number of anilines is 1. The topological polar surface area (TPSA) is 72.5 Å². The summed E-state index contributed by atoms with van der Waals surface area (Å²) in [6.07, 6.45) is 0. The summed E-state index contributed by atoms with van der Waals surface area (Å²) in [5, 5.41) is 9.20. The van der Waals surface area contributed by atoms with Gasteiger partial charge in [-0.1, -0.05) is 18.2 Å². The minimum absolute atomic E-state index is 0.203. The molecule has 92 valence electrons. The van der Waals surface area contributed by atoms with Crippen LogP contribution in [0.3, 0.4) is 0 Å². The van der Waals surface area contributed by atoms with E-state index in [0.717, 1.165) is 0 Å². The molecule has 18 heavy (non-hydrogen) atoms. The van der Waals surface area contributed by atoms with Gasteiger partial charge in [0.2, 0.25) is 0 Å². The number of nitrogen functional groups attached to an aromatic ring is 1. The van der Waals surface area contributed by atoms with Gasteiger partial charge in [-0.25, -0.2) is 4.79 Å². The molecule has 3 N–H and O–H groups in total. The fourth-order valence-corrected chi connectivity index (χ4v) is 1.84. The summed E-state index contributed by atoms with van der Waals surface area (Å²) in [5.74, 6) is -0.374. The molecule has 0 atom stereocenters. The average Bonchev–Trinajstić information content (AvgIpc) is 2.38. The second-order valence-electron chi connectivity index (χ2n) is 3.81. The number of nitrogens with two attached hydrogens (primary N) is 1. The highest BCUT2D eigenvalue weighted by Crippen LogP contribution is 2.33. The van der Waals surface area contributed by atoms with Gasteiger partial charge < -0.3 is 15.6 Å². The van der Waals surface area contributed by atoms with Crippen LogP contribution in [0, 0.1) is 0 Å². The number of para-hydroxylation sites is 1. The smallest absolute Gasteiger partial charge is 0.336 e. The summed E-state index contributed by atoms with van der Waals surface area (Å²) in [6.45, 7) is 0. The van der Waals surface area contributed by atoms with Crippen LogP contribution in [0.2, 0.25) is 0 Å². The third-order valence-electron chi connectivity index (χ3n) is 2.67. The number of aromatic carboxylic acids is 1. The van der Waals surface area contributed by atoms with Crippen molar-refractivity contribution in [2.24, 2.45) is 0 Å². The number of benzene rings is 2. The van der Waals surface area contributed by atoms with Crippen molar-refractivity contribution >= 4 is 11.7 Å². The van der Waals surface area contributed by atoms with Crippen molar-refractivity contribution in [3.63, 3.8) is 0 Å². The van der Waals surface area contributed by atoms with Gasteiger partial charge in [0.05, 0.1) is 12.7 Å². The van der Waals surface area contributed by atoms with Crippen LogP contribution in [-0.2, 0) is 0 Å². The maximum absolute atomic E-state index is 11.2. The Morgan fingerprint density at radius 3 is 2.56 bits per heavy atom. The standard InChI is InChI=1S/C14H13NO3/c1-18-13-5-3-2-4-10(13)12-8-9(15)6-7-11(12)14(16)17/h2-8H,15H2,1H3,(H,16,17). The van der Waals surface area contributed by atoms with E-state index in [4.69, 9.17) is 10.5 Å². The van der Waals surface area contributed by atoms with E-state index in [0.29, 0.717) is 22.6 Å². The lowest BCUT2D eigenvalue weighted by molar-refractivity contribution is 0.0698. The van der Waals surface area contributed by atoms with Crippen molar-refractivity contribution in [3.05, 3.63) is 48.0 Å². The first-order chi connectivity index (χ1) is 8.63. The molecule has 0 bridgehead atoms. The number of carboxylic acids is 1. The summed E-state index contributed by atoms with van der Waals surface area (Å²) in [7, 11) is 1.55. The first-order valence-corrected chi connectivity index (χ1v) is 5.39. The molecule has 0 aliphatic rings. The summed E-state index contributed by atoms with van der Waals surface area (Å²) >= 11 is 0. The molecule has 0 aliphatic carbocycles. The zero-order chi connectivity index (χ0) is 13.1. The highest BCUT2D eigenvalue weighted by atomic mass is 16.5. The van der Waals surface area contributed by atoms with Crippen molar-refractivity contribution in [2.45, 2.75) is 0 Å². The molecule has 4 heteroatoms. The fraction of sp³-hybridized carbons (Fsp3) is 0.0714. The number of hydrogen-bond acceptors (Lipinski definition) is 3. The molecular formula is C14H13NO3. The third kappa shape index (κ3) is 2.13. The van der Waals surface area contributed by atoms with E-state index in [1.165, 1.54) is 6.07 Å². The van der Waals surface area contributed by atoms with E-state index in [-0.39, 0.29) is 5.56 Å². The van der Waals surface area contributed by atoms with E-state index < -0.39 is 5.97 Å². The highest BCUT2D eigenvalue weighted by Gasteiger charge is 2.14. The molecule has 2 aromatic rings. The Balaban J connectivity index is 2.69. The SMILES string of the molecule is COc1ccccc1-c1cc(N)ccc1C(=O)O. The predicted octanol–water partition coefficient (Wildman–Crippen LogP) is 2.64. The van der Waals surface area contributed by atoms with Gasteiger partial charge in [0, 0.05) is 16.8 Å². The molecule has 0 saturated carbocycles. The molecule has 0 aromatic heterocycles. The first-order valence-electron chi connectivity index (χ1n) is 5.39. The number of carboxylic acid groups (broad SMARTS) is 1. The Bertz CT molecular complexity index is 593. The summed E-state index contributed by atoms with van der Waals surface area (Å²) in [5.41, 5.74) is 7.71. The lowest BCUT2D eigenvalue weighted by atomic mass is 9.98. The van der Waals surface area contributed by atoms with Gasteiger partial charge >= 0.3 is 5.97 Å². The van der Waals surface area contributed by atoms with Gasteiger partial charge in [0.25, 0.3) is 0 Å². The highest BCUT2D eigenvalue weighted by molar-refractivity contribution is 5.97. The zero-order valence-corrected chi connectivity index (χ0v) is 9.88. The molecule has 0 spiro atoms. The molecular weight excluding hydrogens is 230 g/mol. The minimum Gasteiger partial charge on any atom is -0.496 e. The number of hydrogen-bond donors (Lipinski definition) is 2. The number of methoxy groups -OCH3 is 1. The molecule has 2 aromatic carbocycles. The van der Waals surface area contributed by atoms with E-state index >= 15 is 0 Å². The van der Waals surface area contributed by atoms with Crippen molar-refractivity contribution < 1.29 is 14.6 Å². The summed E-state index contributed by atoms with van der Waals surface area (Å²) in [6, 6.07) is 12.0. The van der Waals surface area contributed by atoms with Gasteiger partial charge in [-0.15, -0.1) is 0 Å². The van der Waals surface area contributed by atoms with Crippen molar-refractivity contribution in [3.8, 4) is 16.9 Å². The maximum atomic E-state index is 11.2. The molecule has 0 fully saturated rings. The lowest BCUT2D eigenvalue weighted by Gasteiger charge is -2.11. The second-order valence-corrected chi connectivity index (χ2v) is 3.81. The molecule has 0 radical (unpaired) electrons. The van der Waals surface area contributed by atoms with Crippen LogP contribution in [0.4, 0.5) is 5.69 Å². The Labute approximate surface area is 105 Å². The minimum atomic E-state index is -0.990. The van der Waals surface area contributed by atoms with E-state index in [2.05, 4.69) is 0 Å². The van der Waals surface area contributed by atoms with E-state index in [1.54, 1.807) is 31.4 Å². The lowest BCUT2D eigenvalue weighted by Crippen LogP contribution is -2.01. The monoisotopic (exact) mass is 243 g/mol. The predicted molar refractivity (Wildman–Crippen MR) is 69.8 cm³/mol. The normalized spacial score (nSPS) is 10.1. The van der Waals surface area contributed by atoms with Crippen molar-refractivity contribution in [1.29, 1.82) is 0 Å². The van der Waals surface area contributed by atoms with Gasteiger partial charge in [-0.2, -0.15) is 0 Å². The molecule has 0 amide bonds. The molecule has 0 aliphatic heterocycles. The molecule has 2 rings (SSSR count). The first kappa shape index (κ1) is 12.0. The van der Waals surface area contributed by atoms with Crippen LogP contribution in [0.1, 0.15) is 10.4 Å². The number of rotatable bonds is 3. The van der Waals surface area contributed by atoms with E-state index in [1.807, 2.05) is 12.1 Å². The Morgan fingerprint density at radius 2 is 1.89 bits per heavy atom. The van der Waals surface area contributed by atoms with Gasteiger partial charge in [0.15, 0.2) is 0 Å². The quantitative estimate of drug-likeness (QED) is 0.813. The van der Waals surface area contributed by atoms with Gasteiger partial charge in [-0.05, 0) is 24.3 Å². The van der Waals surface area contributed by atoms with Gasteiger partial charge in [0.1, 0.15) is 5.75 Å². The van der Waals surface area contributed by atoms with Crippen LogP contribution in [0.5, 0.6) is 5.75 Å². The zero-order valence-electron chi connectivity index (χ0n) is 9.88. The third-order valence-corrected chi connectivity index (χ3v) is 2.67. The van der Waals surface area contributed by atoms with Crippen LogP contribution < -0.4 is 10.5 Å². The number of ether oxygens (including phenoxy) is 1. The molecule has 0 unspecified atom stereocenters. The Kier molecular flexibility index (Phi) is 3.19. The number of carbonyl (C=O) groups is 1. The van der Waals surface area contributed by atoms with Crippen LogP contribution >= 0.6 is 0 Å². The summed E-state index contributed by atoms with van der Waals surface area (Å²) < 4.78 is 5.24. The largest absolute Gasteiger partial charge is 0.496 e. The van der Waals surface area contributed by atoms with Crippen molar-refractivity contribution in [1.82, 2.24) is 0 Å². The second kappa shape index (κ2) is 4.79. The molecule has 0 heterocycles. The van der Waals surface area contributed by atoms with Gasteiger partial charge in [-0.3, -0.25) is 0 Å². The molecule has 4 nitrogen and oxygen atoms in total. The van der Waals surface area contributed by atoms with E-state index in [9.17, 15) is 9.90 Å². The van der Waals surface area contributed by atoms with Crippen LogP contribution in [0.15, 0.2) is 42.5 Å². The average molecular weight is 243 g/mol. The van der Waals surface area contributed by atoms with Crippen molar-refractivity contribution in [2.75, 3.05) is 12.8 Å². The Hall–Kier alpha value is -2.49. The fourth-order valence-electron chi connectivity index (χ4n) is 1.84. The summed E-state index contributed by atoms with van der Waals surface area (Å²) in [4.78, 5) is 11.2. The molecule has 0 saturated heterocycles. The Morgan fingerprint density at radius 1 is 1.17 bits per heavy atom.